The molecule has 7 nitrogen and oxygen atoms in total. The molecule has 1 fully saturated rings. The Bertz CT molecular complexity index is 876. The lowest BCUT2D eigenvalue weighted by molar-refractivity contribution is -0.121. The maximum atomic E-state index is 12.8. The molecule has 0 bridgehead atoms. The number of anilines is 1. The van der Waals surface area contributed by atoms with Gasteiger partial charge in [0.1, 0.15) is 0 Å². The quantitative estimate of drug-likeness (QED) is 0.828. The van der Waals surface area contributed by atoms with Gasteiger partial charge in [0.15, 0.2) is 5.76 Å². The van der Waals surface area contributed by atoms with Crippen LogP contribution >= 0.6 is 0 Å². The fourth-order valence-corrected chi connectivity index (χ4v) is 3.33. The van der Waals surface area contributed by atoms with Crippen molar-refractivity contribution < 1.29 is 18.8 Å². The SMILES string of the molecule is CC(C)(C)NC(=O)c1ccccc1NC(=O)C1CCN(C(=O)c2ccco2)CC1. The Morgan fingerprint density at radius 3 is 2.34 bits per heavy atom. The minimum absolute atomic E-state index is 0.133. The van der Waals surface area contributed by atoms with E-state index in [4.69, 9.17) is 4.42 Å². The number of rotatable bonds is 4. The van der Waals surface area contributed by atoms with Gasteiger partial charge in [0, 0.05) is 24.5 Å². The van der Waals surface area contributed by atoms with E-state index >= 15 is 0 Å². The molecule has 154 valence electrons. The number of carbonyl (C=O) groups is 3. The van der Waals surface area contributed by atoms with Crippen LogP contribution in [0, 0.1) is 5.92 Å². The van der Waals surface area contributed by atoms with Crippen molar-refractivity contribution in [1.82, 2.24) is 10.2 Å². The molecule has 2 aromatic rings. The Labute approximate surface area is 170 Å². The highest BCUT2D eigenvalue weighted by Gasteiger charge is 2.29. The molecule has 7 heteroatoms. The molecule has 1 aromatic heterocycles. The Morgan fingerprint density at radius 2 is 1.72 bits per heavy atom. The van der Waals surface area contributed by atoms with Gasteiger partial charge in [-0.1, -0.05) is 12.1 Å². The monoisotopic (exact) mass is 397 g/mol. The Kier molecular flexibility index (Phi) is 6.06. The van der Waals surface area contributed by atoms with E-state index in [1.807, 2.05) is 20.8 Å². The fourth-order valence-electron chi connectivity index (χ4n) is 3.33. The Balaban J connectivity index is 1.60. The van der Waals surface area contributed by atoms with Gasteiger partial charge in [-0.15, -0.1) is 0 Å². The van der Waals surface area contributed by atoms with Crippen LogP contribution in [0.15, 0.2) is 47.1 Å². The van der Waals surface area contributed by atoms with Crippen molar-refractivity contribution in [1.29, 1.82) is 0 Å². The van der Waals surface area contributed by atoms with Gasteiger partial charge >= 0.3 is 0 Å². The molecule has 29 heavy (non-hydrogen) atoms. The van der Waals surface area contributed by atoms with Gasteiger partial charge in [0.25, 0.3) is 11.8 Å². The van der Waals surface area contributed by atoms with Gasteiger partial charge in [-0.2, -0.15) is 0 Å². The lowest BCUT2D eigenvalue weighted by Gasteiger charge is -2.31. The minimum Gasteiger partial charge on any atom is -0.459 e. The van der Waals surface area contributed by atoms with Crippen LogP contribution in [0.2, 0.25) is 0 Å². The number of piperidine rings is 1. The average molecular weight is 397 g/mol. The first-order chi connectivity index (χ1) is 13.7. The number of furan rings is 1. The molecule has 1 saturated heterocycles. The molecule has 0 radical (unpaired) electrons. The number of likely N-dealkylation sites (tertiary alicyclic amines) is 1. The van der Waals surface area contributed by atoms with Crippen molar-refractivity contribution >= 4 is 23.4 Å². The topological polar surface area (TPSA) is 91.7 Å². The second-order valence-electron chi connectivity index (χ2n) is 8.28. The molecule has 0 atom stereocenters. The van der Waals surface area contributed by atoms with Gasteiger partial charge in [-0.25, -0.2) is 0 Å². The summed E-state index contributed by atoms with van der Waals surface area (Å²) in [6.07, 6.45) is 2.60. The highest BCUT2D eigenvalue weighted by atomic mass is 16.3. The van der Waals surface area contributed by atoms with E-state index in [2.05, 4.69) is 10.6 Å². The number of para-hydroxylation sites is 1. The van der Waals surface area contributed by atoms with Crippen LogP contribution in [0.4, 0.5) is 5.69 Å². The molecule has 0 aliphatic carbocycles. The summed E-state index contributed by atoms with van der Waals surface area (Å²) < 4.78 is 5.16. The van der Waals surface area contributed by atoms with Crippen molar-refractivity contribution in [2.75, 3.05) is 18.4 Å². The molecule has 0 unspecified atom stereocenters. The van der Waals surface area contributed by atoms with Crippen LogP contribution < -0.4 is 10.6 Å². The minimum atomic E-state index is -0.373. The van der Waals surface area contributed by atoms with Crippen molar-refractivity contribution in [3.05, 3.63) is 54.0 Å². The Morgan fingerprint density at radius 1 is 1.03 bits per heavy atom. The summed E-state index contributed by atoms with van der Waals surface area (Å²) in [6, 6.07) is 10.3. The van der Waals surface area contributed by atoms with Gasteiger partial charge in [0.05, 0.1) is 17.5 Å². The number of nitrogens with one attached hydrogen (secondary N) is 2. The maximum absolute atomic E-state index is 12.8. The van der Waals surface area contributed by atoms with E-state index < -0.39 is 0 Å². The molecular weight excluding hydrogens is 370 g/mol. The summed E-state index contributed by atoms with van der Waals surface area (Å²) in [5, 5.41) is 5.81. The zero-order valence-electron chi connectivity index (χ0n) is 17.0. The van der Waals surface area contributed by atoms with E-state index in [1.54, 1.807) is 41.3 Å². The molecule has 3 rings (SSSR count). The molecule has 0 saturated carbocycles. The summed E-state index contributed by atoms with van der Waals surface area (Å²) in [5.74, 6) is -0.419. The van der Waals surface area contributed by atoms with E-state index in [0.717, 1.165) is 0 Å². The third-order valence-corrected chi connectivity index (χ3v) is 4.80. The zero-order valence-corrected chi connectivity index (χ0v) is 17.0. The predicted molar refractivity (Wildman–Crippen MR) is 110 cm³/mol. The number of nitrogens with zero attached hydrogens (tertiary/aromatic N) is 1. The number of amides is 3. The Hall–Kier alpha value is -3.09. The summed E-state index contributed by atoms with van der Waals surface area (Å²) in [5.41, 5.74) is 0.552. The van der Waals surface area contributed by atoms with Crippen LogP contribution in [-0.4, -0.2) is 41.2 Å². The van der Waals surface area contributed by atoms with E-state index in [0.29, 0.717) is 42.9 Å². The first-order valence-electron chi connectivity index (χ1n) is 9.80. The van der Waals surface area contributed by atoms with Gasteiger partial charge < -0.3 is 20.0 Å². The normalized spacial score (nSPS) is 15.1. The molecule has 3 amide bonds. The van der Waals surface area contributed by atoms with Crippen LogP contribution in [0.1, 0.15) is 54.5 Å². The average Bonchev–Trinajstić information content (AvgIpc) is 3.21. The van der Waals surface area contributed by atoms with Crippen molar-refractivity contribution in [2.45, 2.75) is 39.2 Å². The highest BCUT2D eigenvalue weighted by Crippen LogP contribution is 2.23. The first-order valence-corrected chi connectivity index (χ1v) is 9.80. The van der Waals surface area contributed by atoms with Crippen molar-refractivity contribution in [3.63, 3.8) is 0 Å². The predicted octanol–water partition coefficient (Wildman–Crippen LogP) is 3.30. The van der Waals surface area contributed by atoms with E-state index in [-0.39, 0.29) is 29.2 Å². The summed E-state index contributed by atoms with van der Waals surface area (Å²) in [6.45, 7) is 6.70. The molecule has 1 aromatic carbocycles. The molecule has 1 aliphatic heterocycles. The largest absolute Gasteiger partial charge is 0.459 e. The van der Waals surface area contributed by atoms with Gasteiger partial charge in [0.2, 0.25) is 5.91 Å². The summed E-state index contributed by atoms with van der Waals surface area (Å²) >= 11 is 0. The number of hydrogen-bond donors (Lipinski definition) is 2. The summed E-state index contributed by atoms with van der Waals surface area (Å²) in [4.78, 5) is 39.4. The smallest absolute Gasteiger partial charge is 0.289 e. The van der Waals surface area contributed by atoms with E-state index in [1.165, 1.54) is 6.26 Å². The highest BCUT2D eigenvalue weighted by molar-refractivity contribution is 6.04. The molecule has 1 aliphatic rings. The first kappa shape index (κ1) is 20.6. The molecule has 2 heterocycles. The molecule has 2 N–H and O–H groups in total. The third-order valence-electron chi connectivity index (χ3n) is 4.80. The second-order valence-corrected chi connectivity index (χ2v) is 8.28. The summed E-state index contributed by atoms with van der Waals surface area (Å²) in [7, 11) is 0. The van der Waals surface area contributed by atoms with Crippen LogP contribution in [0.25, 0.3) is 0 Å². The molecular formula is C22H27N3O4. The van der Waals surface area contributed by atoms with Crippen molar-refractivity contribution in [2.24, 2.45) is 5.92 Å². The fraction of sp³-hybridized carbons (Fsp3) is 0.409. The standard InChI is InChI=1S/C22H27N3O4/c1-22(2,3)24-20(27)16-7-4-5-8-17(16)23-19(26)15-10-12-25(13-11-15)21(28)18-9-6-14-29-18/h4-9,14-15H,10-13H2,1-3H3,(H,23,26)(H,24,27). The van der Waals surface area contributed by atoms with Gasteiger partial charge in [-0.3, -0.25) is 14.4 Å². The van der Waals surface area contributed by atoms with Gasteiger partial charge in [-0.05, 0) is 57.9 Å². The number of carbonyl (C=O) groups excluding carboxylic acids is 3. The lowest BCUT2D eigenvalue weighted by Crippen LogP contribution is -2.42. The third kappa shape index (κ3) is 5.25. The van der Waals surface area contributed by atoms with Crippen LogP contribution in [-0.2, 0) is 4.79 Å². The molecule has 0 spiro atoms. The zero-order chi connectivity index (χ0) is 21.0. The number of benzene rings is 1. The van der Waals surface area contributed by atoms with Crippen molar-refractivity contribution in [3.8, 4) is 0 Å². The lowest BCUT2D eigenvalue weighted by atomic mass is 9.95. The van der Waals surface area contributed by atoms with Crippen LogP contribution in [0.3, 0.4) is 0 Å². The van der Waals surface area contributed by atoms with Crippen LogP contribution in [0.5, 0.6) is 0 Å². The second kappa shape index (κ2) is 8.51. The maximum Gasteiger partial charge on any atom is 0.289 e. The van der Waals surface area contributed by atoms with E-state index in [9.17, 15) is 14.4 Å². The number of hydrogen-bond acceptors (Lipinski definition) is 4.